The number of hydrogen-bond donors (Lipinski definition) is 3. The average molecular weight is 328 g/mol. The van der Waals surface area contributed by atoms with Gasteiger partial charge in [-0.1, -0.05) is 11.6 Å². The van der Waals surface area contributed by atoms with E-state index in [4.69, 9.17) is 23.2 Å². The van der Waals surface area contributed by atoms with Crippen LogP contribution in [0, 0.1) is 6.92 Å². The number of hydrogen-bond acceptors (Lipinski definition) is 5. The van der Waals surface area contributed by atoms with Gasteiger partial charge in [-0.15, -0.1) is 23.1 Å². The normalized spacial score (nSPS) is 10.6. The van der Waals surface area contributed by atoms with E-state index in [1.807, 2.05) is 25.1 Å². The largest absolute Gasteiger partial charge is 0.398 e. The number of halogens is 1. The molecule has 1 aromatic carbocycles. The molecule has 0 unspecified atom stereocenters. The van der Waals surface area contributed by atoms with Crippen molar-refractivity contribution in [2.45, 2.75) is 17.6 Å². The van der Waals surface area contributed by atoms with Crippen molar-refractivity contribution >= 4 is 46.3 Å². The summed E-state index contributed by atoms with van der Waals surface area (Å²) in [6.45, 7) is 1.99. The number of carbonyl (C=O) groups is 1. The van der Waals surface area contributed by atoms with Gasteiger partial charge < -0.3 is 5.73 Å². The lowest BCUT2D eigenvalue weighted by atomic mass is 10.3. The molecule has 0 fully saturated rings. The summed E-state index contributed by atoms with van der Waals surface area (Å²) in [6.07, 6.45) is 0. The molecule has 1 amide bonds. The molecule has 20 heavy (non-hydrogen) atoms. The zero-order valence-electron chi connectivity index (χ0n) is 10.8. The van der Waals surface area contributed by atoms with Gasteiger partial charge in [-0.05, 0) is 36.8 Å². The highest BCUT2D eigenvalue weighted by atomic mass is 35.5. The molecule has 0 atom stereocenters. The SMILES string of the molecule is Cc1sc(C(=O)NN)cc1CSc1ccc(Cl)cc1N. The smallest absolute Gasteiger partial charge is 0.275 e. The molecule has 106 valence electrons. The second kappa shape index (κ2) is 6.49. The maximum Gasteiger partial charge on any atom is 0.275 e. The minimum absolute atomic E-state index is 0.264. The number of amides is 1. The van der Waals surface area contributed by atoms with Gasteiger partial charge in [0.1, 0.15) is 0 Å². The third kappa shape index (κ3) is 3.46. The third-order valence-electron chi connectivity index (χ3n) is 2.73. The van der Waals surface area contributed by atoms with Crippen molar-refractivity contribution < 1.29 is 4.79 Å². The molecule has 0 saturated heterocycles. The van der Waals surface area contributed by atoms with Crippen LogP contribution < -0.4 is 17.0 Å². The molecule has 4 nitrogen and oxygen atoms in total. The molecular weight excluding hydrogens is 314 g/mol. The molecule has 0 bridgehead atoms. The fraction of sp³-hybridized carbons (Fsp3) is 0.154. The van der Waals surface area contributed by atoms with Gasteiger partial charge in [-0.25, -0.2) is 5.84 Å². The molecule has 2 aromatic rings. The van der Waals surface area contributed by atoms with Crippen LogP contribution in [0.3, 0.4) is 0 Å². The van der Waals surface area contributed by atoms with Crippen LogP contribution in [-0.2, 0) is 5.75 Å². The number of carbonyl (C=O) groups excluding carboxylic acids is 1. The molecule has 7 heteroatoms. The maximum absolute atomic E-state index is 11.5. The zero-order chi connectivity index (χ0) is 14.7. The molecule has 0 saturated carbocycles. The molecule has 0 aliphatic rings. The lowest BCUT2D eigenvalue weighted by Crippen LogP contribution is -2.29. The Hall–Kier alpha value is -1.21. The Kier molecular flexibility index (Phi) is 4.93. The molecule has 2 rings (SSSR count). The van der Waals surface area contributed by atoms with Crippen molar-refractivity contribution in [1.29, 1.82) is 0 Å². The first kappa shape index (κ1) is 15.2. The van der Waals surface area contributed by atoms with Gasteiger partial charge in [-0.3, -0.25) is 10.2 Å². The molecule has 0 spiro atoms. The molecule has 1 heterocycles. The second-order valence-electron chi connectivity index (χ2n) is 4.14. The van der Waals surface area contributed by atoms with E-state index < -0.39 is 0 Å². The van der Waals surface area contributed by atoms with E-state index in [-0.39, 0.29) is 5.91 Å². The monoisotopic (exact) mass is 327 g/mol. The van der Waals surface area contributed by atoms with Crippen molar-refractivity contribution in [3.63, 3.8) is 0 Å². The van der Waals surface area contributed by atoms with Crippen LogP contribution >= 0.6 is 34.7 Å². The van der Waals surface area contributed by atoms with Crippen LogP contribution in [0.15, 0.2) is 29.2 Å². The molecule has 5 N–H and O–H groups in total. The summed E-state index contributed by atoms with van der Waals surface area (Å²) in [6, 6.07) is 7.31. The Balaban J connectivity index is 2.11. The van der Waals surface area contributed by atoms with Gasteiger partial charge in [0.25, 0.3) is 5.91 Å². The van der Waals surface area contributed by atoms with Crippen LogP contribution in [0.25, 0.3) is 0 Å². The highest BCUT2D eigenvalue weighted by molar-refractivity contribution is 7.98. The topological polar surface area (TPSA) is 81.1 Å². The number of thioether (sulfide) groups is 1. The summed E-state index contributed by atoms with van der Waals surface area (Å²) in [5, 5.41) is 0.625. The fourth-order valence-corrected chi connectivity index (χ4v) is 3.87. The minimum atomic E-state index is -0.264. The van der Waals surface area contributed by atoms with E-state index in [0.717, 1.165) is 21.1 Å². The summed E-state index contributed by atoms with van der Waals surface area (Å²) in [7, 11) is 0. The van der Waals surface area contributed by atoms with Crippen molar-refractivity contribution in [1.82, 2.24) is 5.43 Å². The van der Waals surface area contributed by atoms with Crippen LogP contribution in [0.5, 0.6) is 0 Å². The predicted molar refractivity (Wildman–Crippen MR) is 86.1 cm³/mol. The number of nitrogen functional groups attached to an aromatic ring is 2. The lowest BCUT2D eigenvalue weighted by molar-refractivity contribution is 0.0957. The highest BCUT2D eigenvalue weighted by Crippen LogP contribution is 2.33. The number of aryl methyl sites for hydroxylation is 1. The Morgan fingerprint density at radius 1 is 1.45 bits per heavy atom. The van der Waals surface area contributed by atoms with E-state index in [1.54, 1.807) is 17.8 Å². The summed E-state index contributed by atoms with van der Waals surface area (Å²) in [5.74, 6) is 5.61. The molecule has 1 aromatic heterocycles. The van der Waals surface area contributed by atoms with Gasteiger partial charge in [0.2, 0.25) is 0 Å². The third-order valence-corrected chi connectivity index (χ3v) is 5.20. The van der Waals surface area contributed by atoms with Crippen molar-refractivity contribution in [2.24, 2.45) is 5.84 Å². The quantitative estimate of drug-likeness (QED) is 0.265. The number of nitrogens with two attached hydrogens (primary N) is 2. The molecule has 0 radical (unpaired) electrons. The van der Waals surface area contributed by atoms with Gasteiger partial charge in [0.15, 0.2) is 0 Å². The van der Waals surface area contributed by atoms with Crippen LogP contribution in [-0.4, -0.2) is 5.91 Å². The Labute approximate surface area is 130 Å². The molecular formula is C13H14ClN3OS2. The van der Waals surface area contributed by atoms with Crippen molar-refractivity contribution in [3.8, 4) is 0 Å². The van der Waals surface area contributed by atoms with Gasteiger partial charge >= 0.3 is 0 Å². The van der Waals surface area contributed by atoms with Crippen LogP contribution in [0.2, 0.25) is 5.02 Å². The highest BCUT2D eigenvalue weighted by Gasteiger charge is 2.12. The van der Waals surface area contributed by atoms with E-state index in [0.29, 0.717) is 15.6 Å². The van der Waals surface area contributed by atoms with Crippen LogP contribution in [0.1, 0.15) is 20.1 Å². The number of rotatable bonds is 4. The summed E-state index contributed by atoms with van der Waals surface area (Å²) in [5.41, 5.74) is 9.82. The Morgan fingerprint density at radius 2 is 2.20 bits per heavy atom. The van der Waals surface area contributed by atoms with E-state index >= 15 is 0 Å². The first-order valence-electron chi connectivity index (χ1n) is 5.79. The summed E-state index contributed by atoms with van der Waals surface area (Å²) < 4.78 is 0. The zero-order valence-corrected chi connectivity index (χ0v) is 13.2. The first-order chi connectivity index (χ1) is 9.51. The van der Waals surface area contributed by atoms with Crippen LogP contribution in [0.4, 0.5) is 5.69 Å². The van der Waals surface area contributed by atoms with Gasteiger partial charge in [0.05, 0.1) is 4.88 Å². The fourth-order valence-electron chi connectivity index (χ4n) is 1.65. The second-order valence-corrected chi connectivity index (χ2v) is 6.85. The van der Waals surface area contributed by atoms with Gasteiger partial charge in [-0.2, -0.15) is 0 Å². The Morgan fingerprint density at radius 3 is 2.85 bits per heavy atom. The predicted octanol–water partition coefficient (Wildman–Crippen LogP) is 3.19. The summed E-state index contributed by atoms with van der Waals surface area (Å²) in [4.78, 5) is 14.2. The minimum Gasteiger partial charge on any atom is -0.398 e. The molecule has 0 aliphatic carbocycles. The van der Waals surface area contributed by atoms with E-state index in [2.05, 4.69) is 5.43 Å². The molecule has 0 aliphatic heterocycles. The average Bonchev–Trinajstić information content (AvgIpc) is 2.78. The summed E-state index contributed by atoms with van der Waals surface area (Å²) >= 11 is 8.92. The Bertz CT molecular complexity index is 643. The standard InChI is InChI=1S/C13H14ClN3OS2/c1-7-8(4-12(20-7)13(18)17-16)6-19-11-3-2-9(14)5-10(11)15/h2-5H,6,15-16H2,1H3,(H,17,18). The number of anilines is 1. The number of hydrazine groups is 1. The first-order valence-corrected chi connectivity index (χ1v) is 7.97. The maximum atomic E-state index is 11.5. The lowest BCUT2D eigenvalue weighted by Gasteiger charge is -2.05. The number of thiophene rings is 1. The van der Waals surface area contributed by atoms with Crippen molar-refractivity contribution in [2.75, 3.05) is 5.73 Å². The van der Waals surface area contributed by atoms with E-state index in [9.17, 15) is 4.79 Å². The van der Waals surface area contributed by atoms with Gasteiger partial charge in [0, 0.05) is 26.2 Å². The number of nitrogens with one attached hydrogen (secondary N) is 1. The van der Waals surface area contributed by atoms with E-state index in [1.165, 1.54) is 11.3 Å². The number of benzene rings is 1. The van der Waals surface area contributed by atoms with Crippen molar-refractivity contribution in [3.05, 3.63) is 44.6 Å².